The minimum Gasteiger partial charge on any atom is -0.388 e. The molecule has 130 valence electrons. The normalized spacial score (nSPS) is 22.3. The predicted octanol–water partition coefficient (Wildman–Crippen LogP) is 5.32. The van der Waals surface area contributed by atoms with E-state index in [1.54, 1.807) is 0 Å². The molecule has 2 heteroatoms. The molecule has 1 unspecified atom stereocenters. The van der Waals surface area contributed by atoms with Crippen molar-refractivity contribution in [2.75, 3.05) is 0 Å². The number of aliphatic hydroxyl groups excluding tert-OH is 1. The summed E-state index contributed by atoms with van der Waals surface area (Å²) in [6.07, 6.45) is 13.3. The lowest BCUT2D eigenvalue weighted by molar-refractivity contribution is 0.0871. The standard InChI is InChI=1S/C22H30O2/c23-21(18-12-6-2-7-13-18)20(16-17-10-4-1-5-11-17)22(24)19-14-8-3-9-15-19/h2,6-7,12-13,16-17,19,22,24H,1,3-5,8-11,14-15H2. The Morgan fingerprint density at radius 1 is 0.917 bits per heavy atom. The fourth-order valence-corrected chi connectivity index (χ4v) is 4.32. The molecule has 0 spiro atoms. The molecule has 1 aromatic rings. The lowest BCUT2D eigenvalue weighted by Crippen LogP contribution is -2.29. The number of Topliss-reactive ketones (excluding diaryl/α,β-unsaturated/α-hetero) is 1. The van der Waals surface area contributed by atoms with Crippen LogP contribution in [-0.4, -0.2) is 17.0 Å². The first kappa shape index (κ1) is 17.4. The second-order valence-corrected chi connectivity index (χ2v) is 7.56. The summed E-state index contributed by atoms with van der Waals surface area (Å²) in [7, 11) is 0. The van der Waals surface area contributed by atoms with Gasteiger partial charge in [-0.3, -0.25) is 4.79 Å². The first-order valence-corrected chi connectivity index (χ1v) is 9.75. The highest BCUT2D eigenvalue weighted by Gasteiger charge is 2.29. The number of rotatable bonds is 5. The first-order valence-electron chi connectivity index (χ1n) is 9.75. The van der Waals surface area contributed by atoms with Crippen LogP contribution in [0.2, 0.25) is 0 Å². The van der Waals surface area contributed by atoms with Gasteiger partial charge in [0.1, 0.15) is 0 Å². The molecule has 0 heterocycles. The van der Waals surface area contributed by atoms with E-state index >= 15 is 0 Å². The van der Waals surface area contributed by atoms with Gasteiger partial charge in [0.15, 0.2) is 5.78 Å². The number of ketones is 1. The molecule has 2 fully saturated rings. The van der Waals surface area contributed by atoms with Gasteiger partial charge in [0.05, 0.1) is 6.10 Å². The van der Waals surface area contributed by atoms with Gasteiger partial charge in [0, 0.05) is 11.1 Å². The van der Waals surface area contributed by atoms with Gasteiger partial charge in [-0.15, -0.1) is 0 Å². The lowest BCUT2D eigenvalue weighted by Gasteiger charge is -2.29. The Morgan fingerprint density at radius 3 is 2.12 bits per heavy atom. The third-order valence-electron chi connectivity index (χ3n) is 5.78. The van der Waals surface area contributed by atoms with Gasteiger partial charge in [0.25, 0.3) is 0 Å². The van der Waals surface area contributed by atoms with Crippen LogP contribution in [0.15, 0.2) is 42.0 Å². The van der Waals surface area contributed by atoms with Gasteiger partial charge >= 0.3 is 0 Å². The maximum absolute atomic E-state index is 13.1. The molecule has 0 amide bonds. The number of carbonyl (C=O) groups is 1. The van der Waals surface area contributed by atoms with Crippen molar-refractivity contribution in [2.45, 2.75) is 70.3 Å². The highest BCUT2D eigenvalue weighted by molar-refractivity contribution is 6.09. The summed E-state index contributed by atoms with van der Waals surface area (Å²) in [6.45, 7) is 0. The predicted molar refractivity (Wildman–Crippen MR) is 98.0 cm³/mol. The van der Waals surface area contributed by atoms with Crippen molar-refractivity contribution in [2.24, 2.45) is 11.8 Å². The summed E-state index contributed by atoms with van der Waals surface area (Å²) in [5.41, 5.74) is 1.37. The van der Waals surface area contributed by atoms with E-state index in [1.807, 2.05) is 30.3 Å². The zero-order chi connectivity index (χ0) is 16.8. The molecular weight excluding hydrogens is 296 g/mol. The van der Waals surface area contributed by atoms with Crippen LogP contribution >= 0.6 is 0 Å². The van der Waals surface area contributed by atoms with Gasteiger partial charge in [-0.1, -0.05) is 74.9 Å². The topological polar surface area (TPSA) is 37.3 Å². The summed E-state index contributed by atoms with van der Waals surface area (Å²) < 4.78 is 0. The SMILES string of the molecule is O=C(C(=CC1CCCCC1)C(O)C1CCCCC1)c1ccccc1. The minimum absolute atomic E-state index is 0.0271. The van der Waals surface area contributed by atoms with Crippen molar-refractivity contribution in [3.05, 3.63) is 47.5 Å². The molecule has 2 nitrogen and oxygen atoms in total. The zero-order valence-corrected chi connectivity index (χ0v) is 14.6. The molecule has 0 radical (unpaired) electrons. The van der Waals surface area contributed by atoms with Gasteiger partial charge in [-0.2, -0.15) is 0 Å². The summed E-state index contributed by atoms with van der Waals surface area (Å²) in [6, 6.07) is 9.46. The van der Waals surface area contributed by atoms with E-state index in [1.165, 1.54) is 38.5 Å². The molecule has 2 aliphatic carbocycles. The number of aliphatic hydroxyl groups is 1. The number of benzene rings is 1. The Labute approximate surface area is 146 Å². The number of allylic oxidation sites excluding steroid dienone is 1. The molecule has 0 bridgehead atoms. The van der Waals surface area contributed by atoms with Crippen molar-refractivity contribution in [1.29, 1.82) is 0 Å². The van der Waals surface area contributed by atoms with E-state index < -0.39 is 6.10 Å². The van der Waals surface area contributed by atoms with Crippen molar-refractivity contribution in [3.8, 4) is 0 Å². The summed E-state index contributed by atoms with van der Waals surface area (Å²) in [4.78, 5) is 13.1. The number of hydrogen-bond donors (Lipinski definition) is 1. The van der Waals surface area contributed by atoms with Crippen LogP contribution in [-0.2, 0) is 0 Å². The molecule has 2 aliphatic rings. The van der Waals surface area contributed by atoms with E-state index in [0.29, 0.717) is 17.1 Å². The van der Waals surface area contributed by atoms with Gasteiger partial charge in [-0.25, -0.2) is 0 Å². The minimum atomic E-state index is -0.597. The molecule has 2 saturated carbocycles. The maximum Gasteiger partial charge on any atom is 0.191 e. The van der Waals surface area contributed by atoms with E-state index in [9.17, 15) is 9.90 Å². The molecule has 1 aromatic carbocycles. The van der Waals surface area contributed by atoms with Crippen LogP contribution in [0.5, 0.6) is 0 Å². The van der Waals surface area contributed by atoms with Gasteiger partial charge < -0.3 is 5.11 Å². The Morgan fingerprint density at radius 2 is 1.50 bits per heavy atom. The number of hydrogen-bond acceptors (Lipinski definition) is 2. The largest absolute Gasteiger partial charge is 0.388 e. The Balaban J connectivity index is 1.84. The van der Waals surface area contributed by atoms with Gasteiger partial charge in [0.2, 0.25) is 0 Å². The summed E-state index contributed by atoms with van der Waals surface area (Å²) in [5.74, 6) is 0.736. The second kappa shape index (κ2) is 8.62. The highest BCUT2D eigenvalue weighted by Crippen LogP contribution is 2.33. The Bertz CT molecular complexity index is 549. The summed E-state index contributed by atoms with van der Waals surface area (Å²) in [5, 5.41) is 11.0. The first-order chi connectivity index (χ1) is 11.8. The Hall–Kier alpha value is -1.41. The molecule has 24 heavy (non-hydrogen) atoms. The third kappa shape index (κ3) is 4.36. The smallest absolute Gasteiger partial charge is 0.191 e. The fourth-order valence-electron chi connectivity index (χ4n) is 4.32. The van der Waals surface area contributed by atoms with Crippen LogP contribution in [0, 0.1) is 11.8 Å². The van der Waals surface area contributed by atoms with Crippen molar-refractivity contribution in [1.82, 2.24) is 0 Å². The second-order valence-electron chi connectivity index (χ2n) is 7.56. The molecule has 3 rings (SSSR count). The Kier molecular flexibility index (Phi) is 6.25. The van der Waals surface area contributed by atoms with E-state index in [0.717, 1.165) is 25.7 Å². The molecule has 1 atom stereocenters. The van der Waals surface area contributed by atoms with E-state index in [-0.39, 0.29) is 11.7 Å². The molecule has 0 saturated heterocycles. The van der Waals surface area contributed by atoms with Crippen LogP contribution in [0.4, 0.5) is 0 Å². The lowest BCUT2D eigenvalue weighted by atomic mass is 9.78. The average molecular weight is 326 g/mol. The van der Waals surface area contributed by atoms with E-state index in [4.69, 9.17) is 0 Å². The van der Waals surface area contributed by atoms with Crippen LogP contribution in [0.1, 0.15) is 74.6 Å². The molecule has 0 aliphatic heterocycles. The third-order valence-corrected chi connectivity index (χ3v) is 5.78. The fraction of sp³-hybridized carbons (Fsp3) is 0.591. The number of carbonyl (C=O) groups excluding carboxylic acids is 1. The van der Waals surface area contributed by atoms with Crippen molar-refractivity contribution < 1.29 is 9.90 Å². The molecule has 0 aromatic heterocycles. The maximum atomic E-state index is 13.1. The zero-order valence-electron chi connectivity index (χ0n) is 14.6. The van der Waals surface area contributed by atoms with Crippen molar-refractivity contribution in [3.63, 3.8) is 0 Å². The molecule has 1 N–H and O–H groups in total. The molecular formula is C22H30O2. The van der Waals surface area contributed by atoms with Crippen molar-refractivity contribution >= 4 is 5.78 Å². The van der Waals surface area contributed by atoms with Crippen LogP contribution < -0.4 is 0 Å². The average Bonchev–Trinajstić information content (AvgIpc) is 2.67. The monoisotopic (exact) mass is 326 g/mol. The summed E-state index contributed by atoms with van der Waals surface area (Å²) >= 11 is 0. The highest BCUT2D eigenvalue weighted by atomic mass is 16.3. The van der Waals surface area contributed by atoms with Crippen LogP contribution in [0.25, 0.3) is 0 Å². The quantitative estimate of drug-likeness (QED) is 0.587. The van der Waals surface area contributed by atoms with Crippen LogP contribution in [0.3, 0.4) is 0 Å². The van der Waals surface area contributed by atoms with Gasteiger partial charge in [-0.05, 0) is 37.5 Å². The van der Waals surface area contributed by atoms with E-state index in [2.05, 4.69) is 6.08 Å².